The summed E-state index contributed by atoms with van der Waals surface area (Å²) in [5.74, 6) is -0.0900. The lowest BCUT2D eigenvalue weighted by atomic mass is 10.2. The van der Waals surface area contributed by atoms with Crippen LogP contribution < -0.4 is 9.47 Å². The molecule has 35 heavy (non-hydrogen) atoms. The zero-order chi connectivity index (χ0) is 25.5. The summed E-state index contributed by atoms with van der Waals surface area (Å²) in [6, 6.07) is 13.0. The standard InChI is InChI=1S/C27H30F3O5/c1-2-3-6-20-34-25(31)17-10-21-8-13-24(14-9-21)35-26(32)22-11-15-23(16-12-22)33-19-7-4-5-18-27(28,29)30/h8-17H,1-7,18-20H2/b17-10+. The largest absolute Gasteiger partial charge is 0.494 e. The Labute approximate surface area is 203 Å². The van der Waals surface area contributed by atoms with E-state index in [0.29, 0.717) is 43.1 Å². The van der Waals surface area contributed by atoms with E-state index in [2.05, 4.69) is 6.92 Å². The summed E-state index contributed by atoms with van der Waals surface area (Å²) in [7, 11) is 0. The molecule has 0 N–H and O–H groups in total. The van der Waals surface area contributed by atoms with Gasteiger partial charge in [0.05, 0.1) is 18.8 Å². The highest BCUT2D eigenvalue weighted by Crippen LogP contribution is 2.23. The van der Waals surface area contributed by atoms with Crippen molar-refractivity contribution in [2.45, 2.75) is 51.1 Å². The number of ether oxygens (including phenoxy) is 3. The van der Waals surface area contributed by atoms with Crippen molar-refractivity contribution >= 4 is 18.0 Å². The number of hydrogen-bond donors (Lipinski definition) is 0. The molecule has 0 saturated heterocycles. The highest BCUT2D eigenvalue weighted by atomic mass is 19.4. The Morgan fingerprint density at radius 3 is 2.14 bits per heavy atom. The fourth-order valence-electron chi connectivity index (χ4n) is 2.96. The van der Waals surface area contributed by atoms with Crippen molar-refractivity contribution in [2.75, 3.05) is 13.2 Å². The summed E-state index contributed by atoms with van der Waals surface area (Å²) in [6.07, 6.45) is 1.59. The third-order valence-corrected chi connectivity index (χ3v) is 4.85. The van der Waals surface area contributed by atoms with Gasteiger partial charge in [-0.2, -0.15) is 13.2 Å². The maximum atomic E-state index is 12.4. The van der Waals surface area contributed by atoms with Gasteiger partial charge in [0.15, 0.2) is 0 Å². The van der Waals surface area contributed by atoms with Crippen molar-refractivity contribution in [3.05, 3.63) is 72.7 Å². The summed E-state index contributed by atoms with van der Waals surface area (Å²) < 4.78 is 52.3. The molecule has 8 heteroatoms. The van der Waals surface area contributed by atoms with Gasteiger partial charge >= 0.3 is 18.1 Å². The lowest BCUT2D eigenvalue weighted by Gasteiger charge is -2.08. The molecule has 2 rings (SSSR count). The monoisotopic (exact) mass is 491 g/mol. The third-order valence-electron chi connectivity index (χ3n) is 4.85. The molecular weight excluding hydrogens is 461 g/mol. The molecule has 0 atom stereocenters. The normalized spacial score (nSPS) is 11.4. The van der Waals surface area contributed by atoms with E-state index >= 15 is 0 Å². The Morgan fingerprint density at radius 2 is 1.49 bits per heavy atom. The SMILES string of the molecule is [CH2]CCCCOC(=O)/C=C/c1ccc(OC(=O)c2ccc(OCCCCCC(F)(F)F)cc2)cc1. The van der Waals surface area contributed by atoms with Crippen molar-refractivity contribution in [1.29, 1.82) is 0 Å². The Hall–Kier alpha value is -3.29. The van der Waals surface area contributed by atoms with Crippen LogP contribution in [0.1, 0.15) is 60.9 Å². The molecular formula is C27H30F3O5. The minimum atomic E-state index is -4.12. The van der Waals surface area contributed by atoms with E-state index in [1.807, 2.05) is 0 Å². The van der Waals surface area contributed by atoms with Gasteiger partial charge in [-0.25, -0.2) is 9.59 Å². The lowest BCUT2D eigenvalue weighted by molar-refractivity contribution is -0.138. The smallest absolute Gasteiger partial charge is 0.389 e. The van der Waals surface area contributed by atoms with E-state index in [-0.39, 0.29) is 6.42 Å². The number of hydrogen-bond acceptors (Lipinski definition) is 5. The van der Waals surface area contributed by atoms with Crippen LogP contribution in [0.3, 0.4) is 0 Å². The van der Waals surface area contributed by atoms with Gasteiger partial charge < -0.3 is 14.2 Å². The number of carbonyl (C=O) groups excluding carboxylic acids is 2. The molecule has 0 aliphatic rings. The minimum Gasteiger partial charge on any atom is -0.494 e. The number of rotatable bonds is 14. The van der Waals surface area contributed by atoms with Gasteiger partial charge in [-0.3, -0.25) is 0 Å². The van der Waals surface area contributed by atoms with Crippen LogP contribution in [0.5, 0.6) is 11.5 Å². The summed E-state index contributed by atoms with van der Waals surface area (Å²) in [6.45, 7) is 4.40. The molecule has 0 spiro atoms. The molecule has 0 unspecified atom stereocenters. The molecule has 0 heterocycles. The molecule has 0 saturated carbocycles. The Morgan fingerprint density at radius 1 is 0.829 bits per heavy atom. The van der Waals surface area contributed by atoms with Gasteiger partial charge in [-0.05, 0) is 73.7 Å². The number of unbranched alkanes of at least 4 members (excludes halogenated alkanes) is 4. The van der Waals surface area contributed by atoms with Gasteiger partial charge in [-0.1, -0.05) is 31.9 Å². The summed E-state index contributed by atoms with van der Waals surface area (Å²) in [5, 5.41) is 0. The van der Waals surface area contributed by atoms with Gasteiger partial charge in [0, 0.05) is 12.5 Å². The highest BCUT2D eigenvalue weighted by Gasteiger charge is 2.25. The van der Waals surface area contributed by atoms with E-state index in [1.54, 1.807) is 54.6 Å². The third kappa shape index (κ3) is 12.1. The Kier molecular flexibility index (Phi) is 11.9. The van der Waals surface area contributed by atoms with Crippen LogP contribution in [0, 0.1) is 6.92 Å². The van der Waals surface area contributed by atoms with E-state index < -0.39 is 24.5 Å². The number of benzene rings is 2. The first-order valence-electron chi connectivity index (χ1n) is 11.5. The van der Waals surface area contributed by atoms with Gasteiger partial charge in [0.25, 0.3) is 0 Å². The predicted molar refractivity (Wildman–Crippen MR) is 127 cm³/mol. The molecule has 0 amide bonds. The average Bonchev–Trinajstić information content (AvgIpc) is 2.83. The maximum absolute atomic E-state index is 12.4. The summed E-state index contributed by atoms with van der Waals surface area (Å²) in [4.78, 5) is 24.0. The second-order valence-electron chi connectivity index (χ2n) is 7.82. The predicted octanol–water partition coefficient (Wildman–Crippen LogP) is 6.97. The van der Waals surface area contributed by atoms with Crippen LogP contribution in [0.15, 0.2) is 54.6 Å². The quantitative estimate of drug-likeness (QED) is 0.124. The van der Waals surface area contributed by atoms with E-state index in [9.17, 15) is 22.8 Å². The molecule has 0 aliphatic heterocycles. The van der Waals surface area contributed by atoms with Crippen LogP contribution in [0.2, 0.25) is 0 Å². The Balaban J connectivity index is 1.73. The molecule has 1 radical (unpaired) electrons. The molecule has 2 aromatic carbocycles. The van der Waals surface area contributed by atoms with E-state index in [0.717, 1.165) is 24.8 Å². The first-order valence-corrected chi connectivity index (χ1v) is 11.5. The van der Waals surface area contributed by atoms with Crippen LogP contribution in [0.4, 0.5) is 13.2 Å². The van der Waals surface area contributed by atoms with Crippen molar-refractivity contribution in [1.82, 2.24) is 0 Å². The molecule has 5 nitrogen and oxygen atoms in total. The van der Waals surface area contributed by atoms with Crippen molar-refractivity contribution in [3.8, 4) is 11.5 Å². The number of esters is 2. The summed E-state index contributed by atoms with van der Waals surface area (Å²) >= 11 is 0. The maximum Gasteiger partial charge on any atom is 0.389 e. The Bertz CT molecular complexity index is 935. The zero-order valence-corrected chi connectivity index (χ0v) is 19.5. The van der Waals surface area contributed by atoms with Gasteiger partial charge in [0.1, 0.15) is 11.5 Å². The number of carbonyl (C=O) groups is 2. The first kappa shape index (κ1) is 28.0. The van der Waals surface area contributed by atoms with Crippen LogP contribution >= 0.6 is 0 Å². The minimum absolute atomic E-state index is 0.0822. The van der Waals surface area contributed by atoms with Crippen LogP contribution in [0.25, 0.3) is 6.08 Å². The fraction of sp³-hybridized carbons (Fsp3) is 0.370. The lowest BCUT2D eigenvalue weighted by Crippen LogP contribution is -2.08. The topological polar surface area (TPSA) is 61.8 Å². The number of halogens is 3. The molecule has 189 valence electrons. The van der Waals surface area contributed by atoms with Gasteiger partial charge in [0.2, 0.25) is 0 Å². The van der Waals surface area contributed by atoms with Crippen molar-refractivity contribution < 1.29 is 37.0 Å². The van der Waals surface area contributed by atoms with Crippen LogP contribution in [-0.4, -0.2) is 31.3 Å². The van der Waals surface area contributed by atoms with Crippen LogP contribution in [-0.2, 0) is 9.53 Å². The van der Waals surface area contributed by atoms with E-state index in [4.69, 9.17) is 14.2 Å². The zero-order valence-electron chi connectivity index (χ0n) is 19.5. The highest BCUT2D eigenvalue weighted by molar-refractivity contribution is 5.91. The molecule has 0 fully saturated rings. The molecule has 0 bridgehead atoms. The fourth-order valence-corrected chi connectivity index (χ4v) is 2.96. The summed E-state index contributed by atoms with van der Waals surface area (Å²) in [5.41, 5.74) is 1.08. The molecule has 0 aromatic heterocycles. The molecule has 2 aromatic rings. The second kappa shape index (κ2) is 14.9. The van der Waals surface area contributed by atoms with Crippen molar-refractivity contribution in [2.24, 2.45) is 0 Å². The second-order valence-corrected chi connectivity index (χ2v) is 7.82. The van der Waals surface area contributed by atoms with Crippen molar-refractivity contribution in [3.63, 3.8) is 0 Å². The van der Waals surface area contributed by atoms with Gasteiger partial charge in [-0.15, -0.1) is 0 Å². The van der Waals surface area contributed by atoms with E-state index in [1.165, 1.54) is 6.08 Å². The number of alkyl halides is 3. The first-order chi connectivity index (χ1) is 16.8. The molecule has 0 aliphatic carbocycles. The average molecular weight is 492 g/mol.